The first-order valence-corrected chi connectivity index (χ1v) is 11.3. The van der Waals surface area contributed by atoms with Crippen molar-refractivity contribution in [2.24, 2.45) is 5.16 Å². The van der Waals surface area contributed by atoms with Gasteiger partial charge in [-0.3, -0.25) is 0 Å². The highest BCUT2D eigenvalue weighted by Crippen LogP contribution is 2.48. The molecule has 1 aromatic heterocycles. The molecule has 8 nitrogen and oxygen atoms in total. The number of aromatic nitrogens is 2. The van der Waals surface area contributed by atoms with E-state index in [4.69, 9.17) is 4.63 Å². The fraction of sp³-hybridized carbons (Fsp3) is 0.500. The van der Waals surface area contributed by atoms with Crippen LogP contribution in [0.4, 0.5) is 4.39 Å². The number of nitrogens with zero attached hydrogens (tertiary/aromatic N) is 4. The largest absolute Gasteiger partial charge is 0.411 e. The number of rotatable bonds is 9. The maximum Gasteiger partial charge on any atom is 0.219 e. The van der Waals surface area contributed by atoms with E-state index in [-0.39, 0.29) is 17.9 Å². The fourth-order valence-corrected chi connectivity index (χ4v) is 5.56. The summed E-state index contributed by atoms with van der Waals surface area (Å²) in [5.41, 5.74) is 1.76. The van der Waals surface area contributed by atoms with Crippen LogP contribution in [0.1, 0.15) is 42.6 Å². The van der Waals surface area contributed by atoms with Gasteiger partial charge in [0.15, 0.2) is 5.69 Å². The number of oxime groups is 1. The third-order valence-electron chi connectivity index (χ3n) is 5.19. The van der Waals surface area contributed by atoms with E-state index in [0.29, 0.717) is 53.5 Å². The number of aryl methyl sites for hydroxylation is 1. The summed E-state index contributed by atoms with van der Waals surface area (Å²) in [4.78, 5) is 0. The quantitative estimate of drug-likeness (QED) is 0.329. The summed E-state index contributed by atoms with van der Waals surface area (Å²) in [7, 11) is -0.214. The molecular formula is C18H22BrFN4O4S. The predicted octanol–water partition coefficient (Wildman–Crippen LogP) is 3.14. The van der Waals surface area contributed by atoms with Crippen LogP contribution in [-0.4, -0.2) is 52.8 Å². The molecule has 1 N–H and O–H groups in total. The molecule has 0 aliphatic heterocycles. The normalized spacial score (nSPS) is 16.4. The van der Waals surface area contributed by atoms with Gasteiger partial charge in [0.25, 0.3) is 0 Å². The van der Waals surface area contributed by atoms with Crippen LogP contribution in [0.15, 0.2) is 32.5 Å². The van der Waals surface area contributed by atoms with Crippen molar-refractivity contribution in [2.45, 2.75) is 43.3 Å². The molecule has 0 atom stereocenters. The summed E-state index contributed by atoms with van der Waals surface area (Å²) < 4.78 is 44.1. The molecule has 1 aliphatic carbocycles. The van der Waals surface area contributed by atoms with E-state index < -0.39 is 14.8 Å². The number of hydrogen-bond acceptors (Lipinski definition) is 7. The van der Waals surface area contributed by atoms with E-state index in [1.54, 1.807) is 26.2 Å². The second-order valence-corrected chi connectivity index (χ2v) is 10.8. The van der Waals surface area contributed by atoms with Crippen molar-refractivity contribution in [1.82, 2.24) is 14.6 Å². The van der Waals surface area contributed by atoms with Gasteiger partial charge in [0.1, 0.15) is 17.2 Å². The maximum absolute atomic E-state index is 13.4. The molecule has 11 heteroatoms. The molecule has 29 heavy (non-hydrogen) atoms. The summed E-state index contributed by atoms with van der Waals surface area (Å²) in [6.45, 7) is 0. The van der Waals surface area contributed by atoms with Crippen molar-refractivity contribution >= 4 is 31.7 Å². The van der Waals surface area contributed by atoms with Crippen LogP contribution in [0, 0.1) is 5.82 Å². The van der Waals surface area contributed by atoms with Gasteiger partial charge in [0, 0.05) is 20.5 Å². The van der Waals surface area contributed by atoms with Gasteiger partial charge in [-0.25, -0.2) is 21.7 Å². The van der Waals surface area contributed by atoms with E-state index in [9.17, 15) is 18.0 Å². The minimum Gasteiger partial charge on any atom is -0.411 e. The lowest BCUT2D eigenvalue weighted by atomic mass is 10.0. The van der Waals surface area contributed by atoms with Crippen molar-refractivity contribution in [3.05, 3.63) is 45.4 Å². The van der Waals surface area contributed by atoms with Crippen molar-refractivity contribution < 1.29 is 22.6 Å². The van der Waals surface area contributed by atoms with Crippen LogP contribution < -0.4 is 0 Å². The standard InChI is InChI=1S/C18H22BrFN4O4S/c1-24(2)29(26,27)18(8-9-18)7-3-4-15-17(23-28-22-15)16(21-25)11-12-5-6-14(20)13(19)10-12/h5-6,10,25H,3-4,7-9,11H2,1-2H3/b21-16+. The van der Waals surface area contributed by atoms with Crippen molar-refractivity contribution in [2.75, 3.05) is 14.1 Å². The Kier molecular flexibility index (Phi) is 6.39. The zero-order valence-corrected chi connectivity index (χ0v) is 18.5. The van der Waals surface area contributed by atoms with Gasteiger partial charge >= 0.3 is 0 Å². The summed E-state index contributed by atoms with van der Waals surface area (Å²) in [6, 6.07) is 4.49. The Hall–Kier alpha value is -1.85. The summed E-state index contributed by atoms with van der Waals surface area (Å²) in [5, 5.41) is 20.5. The van der Waals surface area contributed by atoms with Gasteiger partial charge in [-0.2, -0.15) is 0 Å². The van der Waals surface area contributed by atoms with E-state index in [1.165, 1.54) is 10.4 Å². The molecule has 1 fully saturated rings. The van der Waals surface area contributed by atoms with Gasteiger partial charge in [0.2, 0.25) is 10.0 Å². The fourth-order valence-electron chi connectivity index (χ4n) is 3.34. The second-order valence-electron chi connectivity index (χ2n) is 7.36. The van der Waals surface area contributed by atoms with Crippen LogP contribution in [0.3, 0.4) is 0 Å². The molecule has 1 saturated carbocycles. The van der Waals surface area contributed by atoms with Crippen LogP contribution in [-0.2, 0) is 22.9 Å². The molecule has 1 heterocycles. The van der Waals surface area contributed by atoms with E-state index in [0.717, 1.165) is 0 Å². The average Bonchev–Trinajstić information content (AvgIpc) is 3.34. The average molecular weight is 489 g/mol. The number of hydrogen-bond donors (Lipinski definition) is 1. The molecule has 0 radical (unpaired) electrons. The minimum atomic E-state index is -3.31. The Morgan fingerprint density at radius 1 is 1.38 bits per heavy atom. The smallest absolute Gasteiger partial charge is 0.219 e. The number of sulfonamides is 1. The van der Waals surface area contributed by atoms with Crippen molar-refractivity contribution in [3.8, 4) is 0 Å². The maximum atomic E-state index is 13.4. The van der Waals surface area contributed by atoms with Crippen molar-refractivity contribution in [1.29, 1.82) is 0 Å². The molecular weight excluding hydrogens is 467 g/mol. The van der Waals surface area contributed by atoms with Crippen molar-refractivity contribution in [3.63, 3.8) is 0 Å². The van der Waals surface area contributed by atoms with E-state index in [2.05, 4.69) is 31.4 Å². The lowest BCUT2D eigenvalue weighted by Gasteiger charge is -2.20. The minimum absolute atomic E-state index is 0.204. The third-order valence-corrected chi connectivity index (χ3v) is 8.46. The highest BCUT2D eigenvalue weighted by atomic mass is 79.9. The third kappa shape index (κ3) is 4.51. The Balaban J connectivity index is 1.68. The Bertz CT molecular complexity index is 1020. The summed E-state index contributed by atoms with van der Waals surface area (Å²) >= 11 is 3.13. The molecule has 158 valence electrons. The highest BCUT2D eigenvalue weighted by Gasteiger charge is 2.54. The number of benzene rings is 1. The summed E-state index contributed by atoms with van der Waals surface area (Å²) in [5.74, 6) is -0.387. The summed E-state index contributed by atoms with van der Waals surface area (Å²) in [6.07, 6.45) is 3.04. The Morgan fingerprint density at radius 2 is 2.10 bits per heavy atom. The van der Waals surface area contributed by atoms with Gasteiger partial charge in [-0.15, -0.1) is 0 Å². The SMILES string of the molecule is CN(C)S(=O)(=O)C1(CCCc2nonc2/C(Cc2ccc(F)c(Br)c2)=N/O)CC1. The molecule has 0 amide bonds. The first-order chi connectivity index (χ1) is 13.7. The molecule has 1 aromatic carbocycles. The molecule has 0 bridgehead atoms. The lowest BCUT2D eigenvalue weighted by molar-refractivity contribution is 0.300. The zero-order chi connectivity index (χ0) is 21.2. The Morgan fingerprint density at radius 3 is 2.69 bits per heavy atom. The van der Waals surface area contributed by atoms with E-state index >= 15 is 0 Å². The second kappa shape index (κ2) is 8.49. The molecule has 0 spiro atoms. The first kappa shape index (κ1) is 21.8. The van der Waals surface area contributed by atoms with Crippen LogP contribution >= 0.6 is 15.9 Å². The Labute approximate surface area is 176 Å². The van der Waals surface area contributed by atoms with Crippen LogP contribution in [0.2, 0.25) is 0 Å². The topological polar surface area (TPSA) is 109 Å². The van der Waals surface area contributed by atoms with E-state index in [1.807, 2.05) is 0 Å². The molecule has 0 unspecified atom stereocenters. The molecule has 0 saturated heterocycles. The predicted molar refractivity (Wildman–Crippen MR) is 108 cm³/mol. The monoisotopic (exact) mass is 488 g/mol. The first-order valence-electron chi connectivity index (χ1n) is 9.09. The number of halogens is 2. The molecule has 1 aliphatic rings. The van der Waals surface area contributed by atoms with Gasteiger partial charge in [-0.1, -0.05) is 16.4 Å². The van der Waals surface area contributed by atoms with Crippen LogP contribution in [0.5, 0.6) is 0 Å². The van der Waals surface area contributed by atoms with Crippen LogP contribution in [0.25, 0.3) is 0 Å². The molecule has 2 aromatic rings. The zero-order valence-electron chi connectivity index (χ0n) is 16.1. The lowest BCUT2D eigenvalue weighted by Crippen LogP contribution is -2.35. The van der Waals surface area contributed by atoms with Gasteiger partial charge < -0.3 is 5.21 Å². The van der Waals surface area contributed by atoms with Gasteiger partial charge in [-0.05, 0) is 70.9 Å². The van der Waals surface area contributed by atoms with Gasteiger partial charge in [0.05, 0.1) is 9.22 Å². The molecule has 3 rings (SSSR count). The highest BCUT2D eigenvalue weighted by molar-refractivity contribution is 9.10.